The van der Waals surface area contributed by atoms with Crippen molar-refractivity contribution in [2.24, 2.45) is 5.41 Å². The van der Waals surface area contributed by atoms with Gasteiger partial charge < -0.3 is 0 Å². The summed E-state index contributed by atoms with van der Waals surface area (Å²) in [5.74, 6) is 0. The van der Waals surface area contributed by atoms with Crippen molar-refractivity contribution in [3.8, 4) is 0 Å². The third-order valence-electron chi connectivity index (χ3n) is 3.38. The molecule has 0 amide bonds. The minimum absolute atomic E-state index is 0.218. The molecule has 0 spiro atoms. The molecule has 2 heteroatoms. The Kier molecular flexibility index (Phi) is 2.37. The standard InChI is InChI=1S/C11H14S2/c1-11-6-5-9(12)7-8(11)3-2-4-10(11)13/h7H,2-6H2,1H3. The van der Waals surface area contributed by atoms with Crippen LogP contribution in [0.3, 0.4) is 0 Å². The van der Waals surface area contributed by atoms with Gasteiger partial charge in [-0.1, -0.05) is 36.9 Å². The molecule has 0 bridgehead atoms. The van der Waals surface area contributed by atoms with Gasteiger partial charge in [0.05, 0.1) is 0 Å². The SMILES string of the molecule is CC12CCC(=S)C=C1CCCC2=S. The van der Waals surface area contributed by atoms with Gasteiger partial charge in [0.1, 0.15) is 0 Å². The van der Waals surface area contributed by atoms with Gasteiger partial charge in [-0.3, -0.25) is 0 Å². The van der Waals surface area contributed by atoms with Gasteiger partial charge in [-0.25, -0.2) is 0 Å². The molecule has 2 aliphatic carbocycles. The van der Waals surface area contributed by atoms with Crippen molar-refractivity contribution >= 4 is 34.2 Å². The molecule has 0 N–H and O–H groups in total. The Labute approximate surface area is 90.4 Å². The van der Waals surface area contributed by atoms with E-state index in [9.17, 15) is 0 Å². The quantitative estimate of drug-likeness (QED) is 0.560. The topological polar surface area (TPSA) is 0 Å². The van der Waals surface area contributed by atoms with E-state index in [0.717, 1.165) is 24.1 Å². The van der Waals surface area contributed by atoms with Gasteiger partial charge in [0, 0.05) is 15.1 Å². The zero-order chi connectivity index (χ0) is 9.47. The van der Waals surface area contributed by atoms with Gasteiger partial charge in [-0.05, 0) is 38.2 Å². The van der Waals surface area contributed by atoms with E-state index in [0.29, 0.717) is 0 Å². The highest BCUT2D eigenvalue weighted by atomic mass is 32.1. The summed E-state index contributed by atoms with van der Waals surface area (Å²) in [4.78, 5) is 2.38. The molecule has 0 aliphatic heterocycles. The minimum atomic E-state index is 0.218. The maximum absolute atomic E-state index is 5.47. The smallest absolute Gasteiger partial charge is 0.0204 e. The molecular formula is C11H14S2. The molecule has 0 aromatic heterocycles. The van der Waals surface area contributed by atoms with Crippen molar-refractivity contribution in [2.45, 2.75) is 39.0 Å². The molecule has 0 heterocycles. The monoisotopic (exact) mass is 210 g/mol. The predicted octanol–water partition coefficient (Wildman–Crippen LogP) is 3.64. The van der Waals surface area contributed by atoms with Gasteiger partial charge in [-0.15, -0.1) is 0 Å². The molecule has 2 aliphatic rings. The molecule has 1 saturated carbocycles. The molecule has 1 atom stereocenters. The Morgan fingerprint density at radius 1 is 1.23 bits per heavy atom. The molecule has 0 radical (unpaired) electrons. The van der Waals surface area contributed by atoms with Crippen LogP contribution in [-0.2, 0) is 0 Å². The van der Waals surface area contributed by atoms with Gasteiger partial charge in [0.15, 0.2) is 0 Å². The maximum atomic E-state index is 5.47. The highest BCUT2D eigenvalue weighted by Crippen LogP contribution is 2.44. The van der Waals surface area contributed by atoms with E-state index in [-0.39, 0.29) is 5.41 Å². The molecule has 0 aromatic rings. The zero-order valence-electron chi connectivity index (χ0n) is 7.93. The first-order valence-corrected chi connectivity index (χ1v) is 5.72. The Morgan fingerprint density at radius 3 is 2.77 bits per heavy atom. The molecule has 0 nitrogen and oxygen atoms in total. The van der Waals surface area contributed by atoms with Crippen molar-refractivity contribution in [3.05, 3.63) is 11.6 Å². The lowest BCUT2D eigenvalue weighted by Crippen LogP contribution is -2.35. The fourth-order valence-corrected chi connectivity index (χ4v) is 2.96. The number of hydrogen-bond donors (Lipinski definition) is 0. The average Bonchev–Trinajstić information content (AvgIpc) is 2.09. The molecular weight excluding hydrogens is 196 g/mol. The lowest BCUT2D eigenvalue weighted by molar-refractivity contribution is 0.462. The fourth-order valence-electron chi connectivity index (χ4n) is 2.34. The Morgan fingerprint density at radius 2 is 2.00 bits per heavy atom. The Hall–Kier alpha value is -0.0800. The first-order chi connectivity index (χ1) is 6.13. The molecule has 1 unspecified atom stereocenters. The second kappa shape index (κ2) is 3.25. The Bertz CT molecular complexity index is 301. The highest BCUT2D eigenvalue weighted by Gasteiger charge is 2.37. The van der Waals surface area contributed by atoms with Crippen LogP contribution in [0.5, 0.6) is 0 Å². The molecule has 0 saturated heterocycles. The maximum Gasteiger partial charge on any atom is 0.0204 e. The Balaban J connectivity index is 2.39. The highest BCUT2D eigenvalue weighted by molar-refractivity contribution is 7.81. The largest absolute Gasteiger partial charge is 0.0887 e. The molecule has 13 heavy (non-hydrogen) atoms. The van der Waals surface area contributed by atoms with Crippen LogP contribution in [0.1, 0.15) is 39.0 Å². The average molecular weight is 210 g/mol. The van der Waals surface area contributed by atoms with E-state index in [4.69, 9.17) is 24.4 Å². The zero-order valence-corrected chi connectivity index (χ0v) is 9.56. The van der Waals surface area contributed by atoms with Gasteiger partial charge in [0.2, 0.25) is 0 Å². The van der Waals surface area contributed by atoms with Crippen LogP contribution in [0.2, 0.25) is 0 Å². The van der Waals surface area contributed by atoms with Gasteiger partial charge in [-0.2, -0.15) is 0 Å². The minimum Gasteiger partial charge on any atom is -0.0887 e. The van der Waals surface area contributed by atoms with E-state index in [1.807, 2.05) is 0 Å². The van der Waals surface area contributed by atoms with Crippen LogP contribution in [0.25, 0.3) is 0 Å². The number of rotatable bonds is 0. The summed E-state index contributed by atoms with van der Waals surface area (Å²) in [5, 5.41) is 0. The van der Waals surface area contributed by atoms with Crippen molar-refractivity contribution in [1.29, 1.82) is 0 Å². The van der Waals surface area contributed by atoms with E-state index in [2.05, 4.69) is 13.0 Å². The lowest BCUT2D eigenvalue weighted by Gasteiger charge is -2.40. The van der Waals surface area contributed by atoms with E-state index in [1.165, 1.54) is 23.3 Å². The summed E-state index contributed by atoms with van der Waals surface area (Å²) in [6.45, 7) is 2.29. The second-order valence-electron chi connectivity index (χ2n) is 4.24. The first kappa shape index (κ1) is 9.47. The lowest BCUT2D eigenvalue weighted by atomic mass is 9.66. The van der Waals surface area contributed by atoms with Gasteiger partial charge >= 0.3 is 0 Å². The molecule has 70 valence electrons. The summed E-state index contributed by atoms with van der Waals surface area (Å²) in [6.07, 6.45) is 7.98. The number of fused-ring (bicyclic) bond motifs is 1. The number of allylic oxidation sites excluding steroid dienone is 2. The van der Waals surface area contributed by atoms with Crippen LogP contribution in [0.15, 0.2) is 11.6 Å². The summed E-state index contributed by atoms with van der Waals surface area (Å²) in [5.41, 5.74) is 1.72. The van der Waals surface area contributed by atoms with Crippen LogP contribution in [0.4, 0.5) is 0 Å². The third kappa shape index (κ3) is 1.50. The second-order valence-corrected chi connectivity index (χ2v) is 5.26. The van der Waals surface area contributed by atoms with E-state index >= 15 is 0 Å². The van der Waals surface area contributed by atoms with Crippen LogP contribution in [-0.4, -0.2) is 9.73 Å². The van der Waals surface area contributed by atoms with Crippen molar-refractivity contribution in [1.82, 2.24) is 0 Å². The summed E-state index contributed by atoms with van der Waals surface area (Å²) in [6, 6.07) is 0. The summed E-state index contributed by atoms with van der Waals surface area (Å²) >= 11 is 10.7. The first-order valence-electron chi connectivity index (χ1n) is 4.90. The molecule has 1 fully saturated rings. The normalized spacial score (nSPS) is 34.1. The summed E-state index contributed by atoms with van der Waals surface area (Å²) in [7, 11) is 0. The van der Waals surface area contributed by atoms with Crippen molar-refractivity contribution in [3.63, 3.8) is 0 Å². The number of thiocarbonyl (C=S) groups is 2. The van der Waals surface area contributed by atoms with E-state index in [1.54, 1.807) is 0 Å². The van der Waals surface area contributed by atoms with Crippen LogP contribution in [0, 0.1) is 5.41 Å². The van der Waals surface area contributed by atoms with Crippen LogP contribution < -0.4 is 0 Å². The van der Waals surface area contributed by atoms with Gasteiger partial charge in [0.25, 0.3) is 0 Å². The van der Waals surface area contributed by atoms with Crippen LogP contribution >= 0.6 is 24.4 Å². The van der Waals surface area contributed by atoms with E-state index < -0.39 is 0 Å². The third-order valence-corrected chi connectivity index (χ3v) is 4.36. The molecule has 0 aromatic carbocycles. The fraction of sp³-hybridized carbons (Fsp3) is 0.636. The number of hydrogen-bond acceptors (Lipinski definition) is 2. The molecule has 2 rings (SSSR count). The van der Waals surface area contributed by atoms with Crippen molar-refractivity contribution < 1.29 is 0 Å². The summed E-state index contributed by atoms with van der Waals surface area (Å²) < 4.78 is 0. The predicted molar refractivity (Wildman–Crippen MR) is 64.5 cm³/mol. The van der Waals surface area contributed by atoms with Crippen molar-refractivity contribution in [2.75, 3.05) is 0 Å².